The second-order valence-electron chi connectivity index (χ2n) is 6.59. The third kappa shape index (κ3) is 2.72. The summed E-state index contributed by atoms with van der Waals surface area (Å²) < 4.78 is 5.55. The average molecular weight is 348 g/mol. The predicted octanol–water partition coefficient (Wildman–Crippen LogP) is 6.27. The number of rotatable bonds is 2. The third-order valence-corrected chi connectivity index (χ3v) is 4.93. The highest BCUT2D eigenvalue weighted by Crippen LogP contribution is 2.28. The summed E-state index contributed by atoms with van der Waals surface area (Å²) in [6, 6.07) is 28.1. The van der Waals surface area contributed by atoms with Crippen LogP contribution in [0.25, 0.3) is 44.7 Å². The molecule has 0 fully saturated rings. The fourth-order valence-electron chi connectivity index (χ4n) is 3.63. The van der Waals surface area contributed by atoms with Gasteiger partial charge in [0, 0.05) is 16.8 Å². The fourth-order valence-corrected chi connectivity index (χ4v) is 3.63. The van der Waals surface area contributed by atoms with Gasteiger partial charge in [0.2, 0.25) is 0 Å². The summed E-state index contributed by atoms with van der Waals surface area (Å²) in [5.41, 5.74) is 2.28. The molecule has 4 aromatic carbocycles. The lowest BCUT2D eigenvalue weighted by atomic mass is 10.0. The maximum Gasteiger partial charge on any atom is 0.336 e. The van der Waals surface area contributed by atoms with Gasteiger partial charge in [-0.1, -0.05) is 84.9 Å². The molecule has 0 radical (unpaired) electrons. The second-order valence-corrected chi connectivity index (χ2v) is 6.59. The van der Waals surface area contributed by atoms with E-state index < -0.39 is 0 Å². The largest absolute Gasteiger partial charge is 0.422 e. The molecular weight excluding hydrogens is 332 g/mol. The molecule has 0 aliphatic carbocycles. The highest BCUT2D eigenvalue weighted by Gasteiger charge is 2.07. The van der Waals surface area contributed by atoms with E-state index in [4.69, 9.17) is 4.42 Å². The molecule has 2 nitrogen and oxygen atoms in total. The van der Waals surface area contributed by atoms with E-state index in [0.29, 0.717) is 5.58 Å². The Hall–Kier alpha value is -3.65. The minimum absolute atomic E-state index is 0.337. The first-order valence-corrected chi connectivity index (χ1v) is 8.91. The van der Waals surface area contributed by atoms with Crippen molar-refractivity contribution in [3.63, 3.8) is 0 Å². The Labute approximate surface area is 156 Å². The smallest absolute Gasteiger partial charge is 0.336 e. The summed E-state index contributed by atoms with van der Waals surface area (Å²) in [4.78, 5) is 12.2. The predicted molar refractivity (Wildman–Crippen MR) is 113 cm³/mol. The number of benzene rings is 4. The lowest BCUT2D eigenvalue weighted by Gasteiger charge is -2.05. The number of hydrogen-bond acceptors (Lipinski definition) is 2. The van der Waals surface area contributed by atoms with Gasteiger partial charge in [0.05, 0.1) is 0 Å². The van der Waals surface area contributed by atoms with Gasteiger partial charge in [-0.2, -0.15) is 0 Å². The Kier molecular flexibility index (Phi) is 3.61. The molecule has 0 spiro atoms. The van der Waals surface area contributed by atoms with Crippen LogP contribution in [0.1, 0.15) is 11.1 Å². The quantitative estimate of drug-likeness (QED) is 0.278. The first kappa shape index (κ1) is 15.6. The van der Waals surface area contributed by atoms with Crippen LogP contribution in [0.15, 0.2) is 94.1 Å². The van der Waals surface area contributed by atoms with E-state index in [-0.39, 0.29) is 5.63 Å². The zero-order chi connectivity index (χ0) is 18.2. The van der Waals surface area contributed by atoms with Crippen molar-refractivity contribution in [3.05, 3.63) is 106 Å². The first-order valence-electron chi connectivity index (χ1n) is 8.91. The summed E-state index contributed by atoms with van der Waals surface area (Å²) in [6.07, 6.45) is 4.06. The molecule has 5 aromatic rings. The van der Waals surface area contributed by atoms with Gasteiger partial charge in [-0.3, -0.25) is 0 Å². The minimum Gasteiger partial charge on any atom is -0.422 e. The van der Waals surface area contributed by atoms with Crippen LogP contribution in [-0.4, -0.2) is 0 Å². The molecule has 27 heavy (non-hydrogen) atoms. The molecule has 0 bridgehead atoms. The van der Waals surface area contributed by atoms with Crippen molar-refractivity contribution >= 4 is 44.7 Å². The Balaban J connectivity index is 1.72. The monoisotopic (exact) mass is 348 g/mol. The van der Waals surface area contributed by atoms with E-state index in [1.54, 1.807) is 6.07 Å². The number of hydrogen-bond donors (Lipinski definition) is 0. The third-order valence-electron chi connectivity index (χ3n) is 4.93. The van der Waals surface area contributed by atoms with Gasteiger partial charge in [-0.25, -0.2) is 4.79 Å². The summed E-state index contributed by atoms with van der Waals surface area (Å²) >= 11 is 0. The molecule has 0 N–H and O–H groups in total. The van der Waals surface area contributed by atoms with Gasteiger partial charge in [0.1, 0.15) is 5.58 Å². The molecule has 0 amide bonds. The molecule has 0 saturated carbocycles. The van der Waals surface area contributed by atoms with Gasteiger partial charge < -0.3 is 4.42 Å². The maximum atomic E-state index is 12.2. The van der Waals surface area contributed by atoms with Crippen LogP contribution in [-0.2, 0) is 0 Å². The lowest BCUT2D eigenvalue weighted by molar-refractivity contribution is 0.564. The van der Waals surface area contributed by atoms with E-state index in [0.717, 1.165) is 27.3 Å². The molecule has 5 rings (SSSR count). The Morgan fingerprint density at radius 1 is 0.593 bits per heavy atom. The van der Waals surface area contributed by atoms with Crippen molar-refractivity contribution in [3.8, 4) is 0 Å². The summed E-state index contributed by atoms with van der Waals surface area (Å²) in [5.74, 6) is 0. The Morgan fingerprint density at radius 3 is 2.11 bits per heavy atom. The van der Waals surface area contributed by atoms with E-state index in [2.05, 4.69) is 36.4 Å². The van der Waals surface area contributed by atoms with Gasteiger partial charge in [0.25, 0.3) is 0 Å². The van der Waals surface area contributed by atoms with Gasteiger partial charge >= 0.3 is 5.63 Å². The molecule has 1 aromatic heterocycles. The van der Waals surface area contributed by atoms with Crippen molar-refractivity contribution in [2.75, 3.05) is 0 Å². The highest BCUT2D eigenvalue weighted by atomic mass is 16.4. The van der Waals surface area contributed by atoms with Gasteiger partial charge in [-0.05, 0) is 33.4 Å². The van der Waals surface area contributed by atoms with E-state index in [1.807, 2.05) is 54.6 Å². The fraction of sp³-hybridized carbons (Fsp3) is 0. The molecule has 2 heteroatoms. The average Bonchev–Trinajstić information content (AvgIpc) is 2.72. The molecule has 0 atom stereocenters. The molecule has 128 valence electrons. The van der Waals surface area contributed by atoms with E-state index >= 15 is 0 Å². The van der Waals surface area contributed by atoms with Crippen LogP contribution in [0.3, 0.4) is 0 Å². The minimum atomic E-state index is -0.337. The Morgan fingerprint density at radius 2 is 1.26 bits per heavy atom. The van der Waals surface area contributed by atoms with Crippen LogP contribution in [0.2, 0.25) is 0 Å². The summed E-state index contributed by atoms with van der Waals surface area (Å²) in [6.45, 7) is 0. The zero-order valence-electron chi connectivity index (χ0n) is 14.6. The molecule has 0 aliphatic rings. The SMILES string of the molecule is O=c1cc(C=Cc2cccc3ccccc23)c2ccc3ccccc3c2o1. The number of fused-ring (bicyclic) bond motifs is 4. The maximum absolute atomic E-state index is 12.2. The molecule has 1 heterocycles. The van der Waals surface area contributed by atoms with E-state index in [9.17, 15) is 4.79 Å². The van der Waals surface area contributed by atoms with Crippen molar-refractivity contribution in [2.45, 2.75) is 0 Å². The van der Waals surface area contributed by atoms with Gasteiger partial charge in [0.15, 0.2) is 0 Å². The normalized spacial score (nSPS) is 11.7. The van der Waals surface area contributed by atoms with Crippen molar-refractivity contribution < 1.29 is 4.42 Å². The molecular formula is C25H16O2. The summed E-state index contributed by atoms with van der Waals surface area (Å²) in [5, 5.41) is 5.33. The zero-order valence-corrected chi connectivity index (χ0v) is 14.6. The van der Waals surface area contributed by atoms with Crippen molar-refractivity contribution in [1.82, 2.24) is 0 Å². The molecule has 0 saturated heterocycles. The molecule has 0 unspecified atom stereocenters. The van der Waals surface area contributed by atoms with Gasteiger partial charge in [-0.15, -0.1) is 0 Å². The van der Waals surface area contributed by atoms with Crippen LogP contribution in [0.4, 0.5) is 0 Å². The Bertz CT molecular complexity index is 1390. The second kappa shape index (κ2) is 6.26. The van der Waals surface area contributed by atoms with Crippen LogP contribution in [0, 0.1) is 0 Å². The van der Waals surface area contributed by atoms with Crippen LogP contribution >= 0.6 is 0 Å². The summed E-state index contributed by atoms with van der Waals surface area (Å²) in [7, 11) is 0. The topological polar surface area (TPSA) is 30.2 Å². The van der Waals surface area contributed by atoms with Crippen LogP contribution in [0.5, 0.6) is 0 Å². The standard InChI is InChI=1S/C25H16O2/c26-24-16-20(13-12-18-9-5-8-17-6-1-3-10-21(17)18)23-15-14-19-7-2-4-11-22(19)25(23)27-24/h1-16H. The van der Waals surface area contributed by atoms with Crippen LogP contribution < -0.4 is 5.63 Å². The van der Waals surface area contributed by atoms with Crippen molar-refractivity contribution in [1.29, 1.82) is 0 Å². The van der Waals surface area contributed by atoms with E-state index in [1.165, 1.54) is 10.8 Å². The molecule has 0 aliphatic heterocycles. The van der Waals surface area contributed by atoms with Crippen molar-refractivity contribution in [2.24, 2.45) is 0 Å². The lowest BCUT2D eigenvalue weighted by Crippen LogP contribution is -1.98. The highest BCUT2D eigenvalue weighted by molar-refractivity contribution is 6.07. The first-order chi connectivity index (χ1) is 13.3.